The molecule has 154 valence electrons. The minimum atomic E-state index is -0.0480. The number of ether oxygens (including phenoxy) is 1. The molecule has 3 heteroatoms. The maximum Gasteiger partial charge on any atom is 0.198 e. The maximum absolute atomic E-state index is 13.8. The molecule has 0 saturated carbocycles. The van der Waals surface area contributed by atoms with Crippen molar-refractivity contribution in [2.75, 3.05) is 0 Å². The topological polar surface area (TPSA) is 43.4 Å². The van der Waals surface area contributed by atoms with E-state index in [1.165, 1.54) is 0 Å². The molecule has 0 aliphatic rings. The summed E-state index contributed by atoms with van der Waals surface area (Å²) in [5.74, 6) is 1.21. The molecule has 7 aromatic rings. The fraction of sp³-hybridized carbons (Fsp3) is 0. The molecule has 0 atom stereocenters. The Morgan fingerprint density at radius 3 is 1.91 bits per heavy atom. The molecule has 0 fully saturated rings. The molecule has 0 aliphatic carbocycles. The smallest absolute Gasteiger partial charge is 0.198 e. The van der Waals surface area contributed by atoms with Crippen molar-refractivity contribution < 1.29 is 4.74 Å². The summed E-state index contributed by atoms with van der Waals surface area (Å²) < 4.78 is 6.23. The van der Waals surface area contributed by atoms with Crippen LogP contribution >= 0.6 is 0 Å². The second kappa shape index (κ2) is 6.50. The molecule has 0 amide bonds. The van der Waals surface area contributed by atoms with Crippen LogP contribution in [0.15, 0.2) is 107 Å². The lowest BCUT2D eigenvalue weighted by molar-refractivity contribution is 0.488. The van der Waals surface area contributed by atoms with Crippen LogP contribution < -0.4 is 15.6 Å². The van der Waals surface area contributed by atoms with Crippen molar-refractivity contribution in [3.63, 3.8) is 0 Å². The molecule has 33 heavy (non-hydrogen) atoms. The molecule has 0 bridgehead atoms. The Balaban J connectivity index is 1.79. The van der Waals surface area contributed by atoms with Crippen LogP contribution in [-0.4, -0.2) is 0 Å². The zero-order chi connectivity index (χ0) is 22.1. The normalized spacial score (nSPS) is 11.9. The first-order valence-electron chi connectivity index (χ1n) is 10.9. The predicted octanol–water partition coefficient (Wildman–Crippen LogP) is 6.84. The van der Waals surface area contributed by atoms with E-state index in [2.05, 4.69) is 0 Å². The van der Waals surface area contributed by atoms with E-state index < -0.39 is 0 Å². The third-order valence-electron chi connectivity index (χ3n) is 6.62. The average Bonchev–Trinajstić information content (AvgIpc) is 2.86. The van der Waals surface area contributed by atoms with Crippen LogP contribution in [0.4, 0.5) is 0 Å². The Hall–Kier alpha value is -4.50. The van der Waals surface area contributed by atoms with Gasteiger partial charge in [-0.25, -0.2) is 0 Å². The van der Waals surface area contributed by atoms with E-state index in [0.717, 1.165) is 37.7 Å². The number of hydrogen-bond donors (Lipinski definition) is 0. The van der Waals surface area contributed by atoms with E-state index in [-0.39, 0.29) is 10.9 Å². The van der Waals surface area contributed by atoms with Gasteiger partial charge in [-0.1, -0.05) is 60.7 Å². The number of benzene rings is 7. The molecule has 0 aromatic heterocycles. The quantitative estimate of drug-likeness (QED) is 0.225. The van der Waals surface area contributed by atoms with E-state index in [0.29, 0.717) is 27.7 Å². The van der Waals surface area contributed by atoms with Crippen molar-refractivity contribution in [1.29, 1.82) is 0 Å². The van der Waals surface area contributed by atoms with Crippen LogP contribution in [0.2, 0.25) is 0 Å². The second-order valence-electron chi connectivity index (χ2n) is 8.37. The van der Waals surface area contributed by atoms with Gasteiger partial charge in [0, 0.05) is 21.5 Å². The molecular weight excluding hydrogens is 408 g/mol. The highest BCUT2D eigenvalue weighted by atomic mass is 16.5. The predicted molar refractivity (Wildman–Crippen MR) is 135 cm³/mol. The van der Waals surface area contributed by atoms with E-state index in [1.807, 2.05) is 91.0 Å². The zero-order valence-electron chi connectivity index (χ0n) is 17.5. The van der Waals surface area contributed by atoms with E-state index >= 15 is 0 Å². The van der Waals surface area contributed by atoms with Gasteiger partial charge in [-0.15, -0.1) is 0 Å². The first-order valence-corrected chi connectivity index (χ1v) is 10.9. The van der Waals surface area contributed by atoms with Crippen LogP contribution in [0.3, 0.4) is 0 Å². The van der Waals surface area contributed by atoms with Crippen LogP contribution in [0.5, 0.6) is 11.5 Å². The van der Waals surface area contributed by atoms with Crippen molar-refractivity contribution >= 4 is 53.9 Å². The number of hydrogen-bond acceptors (Lipinski definition) is 3. The summed E-state index contributed by atoms with van der Waals surface area (Å²) >= 11 is 0. The van der Waals surface area contributed by atoms with Crippen LogP contribution in [0, 0.1) is 0 Å². The lowest BCUT2D eigenvalue weighted by Crippen LogP contribution is -2.06. The zero-order valence-corrected chi connectivity index (χ0v) is 17.5. The van der Waals surface area contributed by atoms with Gasteiger partial charge in [0.1, 0.15) is 11.5 Å². The van der Waals surface area contributed by atoms with Crippen LogP contribution in [0.25, 0.3) is 53.9 Å². The summed E-state index contributed by atoms with van der Waals surface area (Å²) in [5, 5.41) is 8.51. The van der Waals surface area contributed by atoms with Crippen molar-refractivity contribution in [3.8, 4) is 11.5 Å². The summed E-state index contributed by atoms with van der Waals surface area (Å²) in [5.41, 5.74) is -0.0442. The van der Waals surface area contributed by atoms with E-state index in [9.17, 15) is 9.59 Å². The summed E-state index contributed by atoms with van der Waals surface area (Å²) in [4.78, 5) is 26.5. The molecular formula is C30H16O3. The lowest BCUT2D eigenvalue weighted by Gasteiger charge is -2.17. The third-order valence-corrected chi connectivity index (χ3v) is 6.62. The van der Waals surface area contributed by atoms with Gasteiger partial charge in [0.2, 0.25) is 0 Å². The second-order valence-corrected chi connectivity index (χ2v) is 8.37. The van der Waals surface area contributed by atoms with Crippen molar-refractivity contribution in [1.82, 2.24) is 0 Å². The number of para-hydroxylation sites is 1. The Morgan fingerprint density at radius 1 is 0.424 bits per heavy atom. The molecule has 0 unspecified atom stereocenters. The highest BCUT2D eigenvalue weighted by molar-refractivity contribution is 6.38. The van der Waals surface area contributed by atoms with Gasteiger partial charge in [0.15, 0.2) is 10.9 Å². The van der Waals surface area contributed by atoms with Gasteiger partial charge < -0.3 is 4.74 Å². The molecule has 0 heterocycles. The monoisotopic (exact) mass is 424 g/mol. The van der Waals surface area contributed by atoms with Crippen LogP contribution in [0.1, 0.15) is 0 Å². The molecule has 0 radical (unpaired) electrons. The summed E-state index contributed by atoms with van der Waals surface area (Å²) in [6.45, 7) is 0. The molecule has 0 aliphatic heterocycles. The molecule has 7 rings (SSSR count). The third kappa shape index (κ3) is 2.39. The highest BCUT2D eigenvalue weighted by Gasteiger charge is 2.21. The largest absolute Gasteiger partial charge is 0.457 e. The summed E-state index contributed by atoms with van der Waals surface area (Å²) in [6.07, 6.45) is 0. The molecule has 3 nitrogen and oxygen atoms in total. The Labute approximate surface area is 187 Å². The van der Waals surface area contributed by atoms with Crippen LogP contribution in [-0.2, 0) is 0 Å². The van der Waals surface area contributed by atoms with Gasteiger partial charge in [-0.3, -0.25) is 9.59 Å². The minimum Gasteiger partial charge on any atom is -0.457 e. The SMILES string of the molecule is O=c1ccc2c3c1cccc3c1ccc(Oc3ccccc3)c3c(=O)c4ccccc4c2c31. The highest BCUT2D eigenvalue weighted by Crippen LogP contribution is 2.44. The lowest BCUT2D eigenvalue weighted by atomic mass is 9.86. The molecule has 0 saturated heterocycles. The fourth-order valence-electron chi connectivity index (χ4n) is 5.25. The molecule has 0 spiro atoms. The van der Waals surface area contributed by atoms with Crippen molar-refractivity contribution in [2.45, 2.75) is 0 Å². The van der Waals surface area contributed by atoms with Gasteiger partial charge in [-0.05, 0) is 63.3 Å². The first kappa shape index (κ1) is 18.1. The fourth-order valence-corrected chi connectivity index (χ4v) is 5.25. The van der Waals surface area contributed by atoms with Crippen molar-refractivity contribution in [2.24, 2.45) is 0 Å². The standard InChI is InChI=1S/C30H16O3/c31-24-15-13-23-26-18(11-6-12-22(24)26)20-14-16-25(33-17-7-2-1-3-8-17)29-28(20)27(23)19-9-4-5-10-21(19)30(29)32/h1-16H. The van der Waals surface area contributed by atoms with Crippen molar-refractivity contribution in [3.05, 3.63) is 118 Å². The summed E-state index contributed by atoms with van der Waals surface area (Å²) in [7, 11) is 0. The minimum absolute atomic E-state index is 0.00377. The Kier molecular flexibility index (Phi) is 3.57. The maximum atomic E-state index is 13.8. The number of fused-ring (bicyclic) bond motifs is 4. The summed E-state index contributed by atoms with van der Waals surface area (Å²) in [6, 6.07) is 30.4. The van der Waals surface area contributed by atoms with E-state index in [4.69, 9.17) is 4.74 Å². The Morgan fingerprint density at radius 2 is 1.06 bits per heavy atom. The van der Waals surface area contributed by atoms with Gasteiger partial charge in [0.05, 0.1) is 5.39 Å². The molecule has 7 aromatic carbocycles. The Bertz CT molecular complexity index is 1970. The van der Waals surface area contributed by atoms with Gasteiger partial charge in [-0.2, -0.15) is 0 Å². The van der Waals surface area contributed by atoms with Gasteiger partial charge in [0.25, 0.3) is 0 Å². The van der Waals surface area contributed by atoms with Gasteiger partial charge >= 0.3 is 0 Å². The average molecular weight is 424 g/mol. The first-order chi connectivity index (χ1) is 16.2. The van der Waals surface area contributed by atoms with E-state index in [1.54, 1.807) is 6.07 Å². The molecule has 0 N–H and O–H groups in total. The number of rotatable bonds is 2.